The van der Waals surface area contributed by atoms with Crippen molar-refractivity contribution in [1.29, 1.82) is 0 Å². The lowest BCUT2D eigenvalue weighted by molar-refractivity contribution is -0.136. The van der Waals surface area contributed by atoms with Crippen LogP contribution in [0.2, 0.25) is 0 Å². The number of hydrogen-bond acceptors (Lipinski definition) is 7. The SMILES string of the molecule is Nc1ccc(OC(=O)CCCCC(=O)Oc2ccc(C=CC(=O)c3ccc(F)cc3)cc2)c(N)c1. The number of hydrogen-bond donors (Lipinski definition) is 2. The molecule has 35 heavy (non-hydrogen) atoms. The number of allylic oxidation sites excluding steroid dienone is 1. The van der Waals surface area contributed by atoms with Gasteiger partial charge in [-0.1, -0.05) is 18.2 Å². The molecule has 0 unspecified atom stereocenters. The van der Waals surface area contributed by atoms with Crippen molar-refractivity contribution in [3.8, 4) is 11.5 Å². The van der Waals surface area contributed by atoms with E-state index in [2.05, 4.69) is 0 Å². The molecular formula is C27H25FN2O5. The van der Waals surface area contributed by atoms with Crippen LogP contribution in [-0.2, 0) is 9.59 Å². The summed E-state index contributed by atoms with van der Waals surface area (Å²) in [7, 11) is 0. The van der Waals surface area contributed by atoms with Gasteiger partial charge in [0.15, 0.2) is 11.5 Å². The first-order valence-electron chi connectivity index (χ1n) is 10.9. The summed E-state index contributed by atoms with van der Waals surface area (Å²) in [5.41, 5.74) is 13.2. The van der Waals surface area contributed by atoms with Crippen LogP contribution in [0.3, 0.4) is 0 Å². The summed E-state index contributed by atoms with van der Waals surface area (Å²) in [4.78, 5) is 36.1. The predicted octanol–water partition coefficient (Wildman–Crippen LogP) is 4.96. The van der Waals surface area contributed by atoms with Crippen molar-refractivity contribution >= 4 is 35.2 Å². The average Bonchev–Trinajstić information content (AvgIpc) is 2.83. The monoisotopic (exact) mass is 476 g/mol. The fourth-order valence-electron chi connectivity index (χ4n) is 3.08. The maximum atomic E-state index is 13.0. The number of ketones is 1. The molecule has 0 saturated carbocycles. The third-order valence-corrected chi connectivity index (χ3v) is 4.94. The molecule has 7 nitrogen and oxygen atoms in total. The largest absolute Gasteiger partial charge is 0.427 e. The Morgan fingerprint density at radius 3 is 2.06 bits per heavy atom. The Morgan fingerprint density at radius 2 is 1.43 bits per heavy atom. The molecule has 0 atom stereocenters. The minimum Gasteiger partial charge on any atom is -0.427 e. The number of carbonyl (C=O) groups is 3. The van der Waals surface area contributed by atoms with E-state index in [4.69, 9.17) is 20.9 Å². The van der Waals surface area contributed by atoms with Crippen molar-refractivity contribution in [1.82, 2.24) is 0 Å². The topological polar surface area (TPSA) is 122 Å². The maximum absolute atomic E-state index is 13.0. The molecule has 3 aromatic rings. The van der Waals surface area contributed by atoms with E-state index in [0.717, 1.165) is 5.56 Å². The van der Waals surface area contributed by atoms with Crippen LogP contribution in [0.15, 0.2) is 72.8 Å². The quantitative estimate of drug-likeness (QED) is 0.106. The maximum Gasteiger partial charge on any atom is 0.311 e. The van der Waals surface area contributed by atoms with Crippen LogP contribution in [0.4, 0.5) is 15.8 Å². The minimum absolute atomic E-state index is 0.134. The van der Waals surface area contributed by atoms with Gasteiger partial charge in [-0.3, -0.25) is 14.4 Å². The molecule has 0 fully saturated rings. The smallest absolute Gasteiger partial charge is 0.311 e. The summed E-state index contributed by atoms with van der Waals surface area (Å²) in [5, 5.41) is 0. The molecular weight excluding hydrogens is 451 g/mol. The lowest BCUT2D eigenvalue weighted by Crippen LogP contribution is -2.11. The van der Waals surface area contributed by atoms with Gasteiger partial charge in [-0.05, 0) is 79.1 Å². The van der Waals surface area contributed by atoms with Gasteiger partial charge >= 0.3 is 11.9 Å². The zero-order chi connectivity index (χ0) is 25.2. The Balaban J connectivity index is 1.38. The van der Waals surface area contributed by atoms with Crippen molar-refractivity contribution in [2.24, 2.45) is 0 Å². The standard InChI is InChI=1S/C27H25FN2O5/c28-20-10-8-19(9-11-20)24(31)15-7-18-5-13-22(14-6-18)34-26(32)3-1-2-4-27(33)35-25-16-12-21(29)17-23(25)30/h5-17H,1-4,29-30H2. The molecule has 0 heterocycles. The Kier molecular flexibility index (Phi) is 8.72. The fourth-order valence-corrected chi connectivity index (χ4v) is 3.08. The first kappa shape index (κ1) is 25.2. The first-order valence-corrected chi connectivity index (χ1v) is 10.9. The van der Waals surface area contributed by atoms with Gasteiger partial charge in [0, 0.05) is 24.1 Å². The molecule has 0 amide bonds. The van der Waals surface area contributed by atoms with Gasteiger partial charge in [0.25, 0.3) is 0 Å². The molecule has 0 aromatic heterocycles. The number of ether oxygens (including phenoxy) is 2. The van der Waals surface area contributed by atoms with E-state index in [1.807, 2.05) is 0 Å². The van der Waals surface area contributed by atoms with E-state index in [1.54, 1.807) is 36.4 Å². The van der Waals surface area contributed by atoms with Crippen LogP contribution in [0.5, 0.6) is 11.5 Å². The van der Waals surface area contributed by atoms with E-state index in [-0.39, 0.29) is 30.1 Å². The second kappa shape index (κ2) is 12.1. The van der Waals surface area contributed by atoms with Crippen LogP contribution < -0.4 is 20.9 Å². The number of rotatable bonds is 10. The summed E-state index contributed by atoms with van der Waals surface area (Å²) >= 11 is 0. The summed E-state index contributed by atoms with van der Waals surface area (Å²) in [5.74, 6) is -0.899. The Hall–Kier alpha value is -4.46. The number of carbonyl (C=O) groups excluding carboxylic acids is 3. The summed E-state index contributed by atoms with van der Waals surface area (Å²) < 4.78 is 23.4. The number of halogens is 1. The van der Waals surface area contributed by atoms with E-state index < -0.39 is 17.8 Å². The number of nitrogen functional groups attached to an aromatic ring is 2. The Morgan fingerprint density at radius 1 is 0.800 bits per heavy atom. The second-order valence-corrected chi connectivity index (χ2v) is 7.73. The van der Waals surface area contributed by atoms with Crippen molar-refractivity contribution < 1.29 is 28.2 Å². The van der Waals surface area contributed by atoms with Gasteiger partial charge in [-0.25, -0.2) is 4.39 Å². The van der Waals surface area contributed by atoms with Crippen LogP contribution in [0, 0.1) is 5.82 Å². The molecule has 0 bridgehead atoms. The van der Waals surface area contributed by atoms with E-state index in [0.29, 0.717) is 29.8 Å². The molecule has 4 N–H and O–H groups in total. The highest BCUT2D eigenvalue weighted by atomic mass is 19.1. The zero-order valence-corrected chi connectivity index (χ0v) is 18.9. The average molecular weight is 477 g/mol. The Bertz CT molecular complexity index is 1220. The Labute approximate surface area is 202 Å². The van der Waals surface area contributed by atoms with Crippen molar-refractivity contribution in [2.75, 3.05) is 11.5 Å². The normalized spacial score (nSPS) is 10.8. The third kappa shape index (κ3) is 8.12. The molecule has 0 spiro atoms. The molecule has 0 aliphatic carbocycles. The molecule has 180 valence electrons. The van der Waals surface area contributed by atoms with Crippen LogP contribution in [0.25, 0.3) is 6.08 Å². The van der Waals surface area contributed by atoms with Gasteiger partial charge in [0.05, 0.1) is 5.69 Å². The zero-order valence-electron chi connectivity index (χ0n) is 18.9. The van der Waals surface area contributed by atoms with Gasteiger partial charge in [-0.2, -0.15) is 0 Å². The number of benzene rings is 3. The second-order valence-electron chi connectivity index (χ2n) is 7.73. The summed E-state index contributed by atoms with van der Waals surface area (Å²) in [6.07, 6.45) is 4.20. The first-order chi connectivity index (χ1) is 16.8. The number of nitrogens with two attached hydrogens (primary N) is 2. The fraction of sp³-hybridized carbons (Fsp3) is 0.148. The summed E-state index contributed by atoms with van der Waals surface area (Å²) in [6, 6.07) is 16.6. The number of anilines is 2. The van der Waals surface area contributed by atoms with Gasteiger partial charge < -0.3 is 20.9 Å². The van der Waals surface area contributed by atoms with Crippen LogP contribution in [0.1, 0.15) is 41.6 Å². The molecule has 0 aliphatic rings. The van der Waals surface area contributed by atoms with Gasteiger partial charge in [-0.15, -0.1) is 0 Å². The van der Waals surface area contributed by atoms with Gasteiger partial charge in [0.1, 0.15) is 11.6 Å². The molecule has 0 radical (unpaired) electrons. The minimum atomic E-state index is -0.448. The lowest BCUT2D eigenvalue weighted by Gasteiger charge is -2.08. The highest BCUT2D eigenvalue weighted by Crippen LogP contribution is 2.24. The molecule has 3 aromatic carbocycles. The molecule has 0 aliphatic heterocycles. The third-order valence-electron chi connectivity index (χ3n) is 4.94. The van der Waals surface area contributed by atoms with Crippen molar-refractivity contribution in [2.45, 2.75) is 25.7 Å². The van der Waals surface area contributed by atoms with E-state index in [1.165, 1.54) is 42.5 Å². The highest BCUT2D eigenvalue weighted by Gasteiger charge is 2.10. The van der Waals surface area contributed by atoms with Crippen molar-refractivity contribution in [3.05, 3.63) is 89.8 Å². The molecule has 3 rings (SSSR count). The number of esters is 2. The van der Waals surface area contributed by atoms with Crippen LogP contribution in [-0.4, -0.2) is 17.7 Å². The molecule has 8 heteroatoms. The van der Waals surface area contributed by atoms with Crippen LogP contribution >= 0.6 is 0 Å². The highest BCUT2D eigenvalue weighted by molar-refractivity contribution is 6.06. The van der Waals surface area contributed by atoms with Gasteiger partial charge in [0.2, 0.25) is 0 Å². The van der Waals surface area contributed by atoms with E-state index in [9.17, 15) is 18.8 Å². The lowest BCUT2D eigenvalue weighted by atomic mass is 10.1. The van der Waals surface area contributed by atoms with E-state index >= 15 is 0 Å². The number of unbranched alkanes of at least 4 members (excludes halogenated alkanes) is 1. The summed E-state index contributed by atoms with van der Waals surface area (Å²) in [6.45, 7) is 0. The van der Waals surface area contributed by atoms with Crippen molar-refractivity contribution in [3.63, 3.8) is 0 Å². The predicted molar refractivity (Wildman–Crippen MR) is 131 cm³/mol. The molecule has 0 saturated heterocycles.